The number of aromatic nitrogens is 3. The molecule has 1 amide bonds. The van der Waals surface area contributed by atoms with E-state index in [0.29, 0.717) is 28.3 Å². The normalized spacial score (nSPS) is 12.8. The zero-order valence-corrected chi connectivity index (χ0v) is 21.6. The number of benzene rings is 2. The molecule has 1 fully saturated rings. The number of carbonyl (C=O) groups excluding carboxylic acids is 1. The van der Waals surface area contributed by atoms with Gasteiger partial charge in [0.05, 0.1) is 45.1 Å². The minimum atomic E-state index is -0.705. The Morgan fingerprint density at radius 1 is 1.13 bits per heavy atom. The Bertz CT molecular complexity index is 1560. The minimum Gasteiger partial charge on any atom is -0.493 e. The van der Waals surface area contributed by atoms with Crippen molar-refractivity contribution in [3.8, 4) is 22.9 Å². The van der Waals surface area contributed by atoms with Gasteiger partial charge in [0.25, 0.3) is 5.91 Å². The highest BCUT2D eigenvalue weighted by atomic mass is 35.5. The van der Waals surface area contributed by atoms with E-state index in [0.717, 1.165) is 12.8 Å². The molecule has 1 aliphatic carbocycles. The third kappa shape index (κ3) is 4.92. The molecular weight excluding hydrogens is 517 g/mol. The lowest BCUT2D eigenvalue weighted by Gasteiger charge is -2.14. The standard InChI is InChI=1S/C26H24FN5O5.ClH/c1-35-22-8-15(9-23(36-2)25(22)37-3)12-29-30-26(34)18-13-32(16-4-5-16)20-11-21(31-7-6-28-14-31)19(27)10-17(20)24(18)33;/h6-14,16H,4-5H2,1-3H3,(H,30,34);1H/b29-12-;. The lowest BCUT2D eigenvalue weighted by atomic mass is 10.1. The highest BCUT2D eigenvalue weighted by Crippen LogP contribution is 2.38. The van der Waals surface area contributed by atoms with Crippen molar-refractivity contribution >= 4 is 35.4 Å². The lowest BCUT2D eigenvalue weighted by Crippen LogP contribution is -2.27. The molecule has 1 saturated carbocycles. The van der Waals surface area contributed by atoms with Crippen molar-refractivity contribution in [1.29, 1.82) is 0 Å². The van der Waals surface area contributed by atoms with Crippen molar-refractivity contribution in [2.75, 3.05) is 21.3 Å². The van der Waals surface area contributed by atoms with Crippen LogP contribution in [-0.4, -0.2) is 47.6 Å². The van der Waals surface area contributed by atoms with Gasteiger partial charge < -0.3 is 23.3 Å². The Morgan fingerprint density at radius 3 is 2.42 bits per heavy atom. The van der Waals surface area contributed by atoms with Crippen LogP contribution in [-0.2, 0) is 0 Å². The SMILES string of the molecule is COc1cc(/C=N\NC(=O)c2cn(C3CC3)c3cc(-n4ccnc4)c(F)cc3c2=O)cc(OC)c1OC.Cl. The summed E-state index contributed by atoms with van der Waals surface area (Å²) in [7, 11) is 4.48. The van der Waals surface area contributed by atoms with E-state index >= 15 is 0 Å². The van der Waals surface area contributed by atoms with Crippen LogP contribution in [0.25, 0.3) is 16.6 Å². The molecule has 198 valence electrons. The molecule has 0 bridgehead atoms. The van der Waals surface area contributed by atoms with Crippen LogP contribution < -0.4 is 25.1 Å². The second-order valence-corrected chi connectivity index (χ2v) is 8.46. The summed E-state index contributed by atoms with van der Waals surface area (Å²) >= 11 is 0. The number of hydrogen-bond donors (Lipinski definition) is 1. The summed E-state index contributed by atoms with van der Waals surface area (Å²) in [6.07, 6.45) is 9.35. The zero-order chi connectivity index (χ0) is 26.1. The van der Waals surface area contributed by atoms with Crippen molar-refractivity contribution in [2.45, 2.75) is 18.9 Å². The van der Waals surface area contributed by atoms with Crippen LogP contribution in [0.5, 0.6) is 17.2 Å². The highest BCUT2D eigenvalue weighted by molar-refractivity contribution is 5.98. The van der Waals surface area contributed by atoms with E-state index in [2.05, 4.69) is 15.5 Å². The maximum Gasteiger partial charge on any atom is 0.276 e. The van der Waals surface area contributed by atoms with Gasteiger partial charge in [0.1, 0.15) is 11.4 Å². The van der Waals surface area contributed by atoms with Gasteiger partial charge in [0.15, 0.2) is 11.5 Å². The fourth-order valence-corrected chi connectivity index (χ4v) is 4.18. The number of amides is 1. The van der Waals surface area contributed by atoms with E-state index < -0.39 is 17.2 Å². The number of pyridine rings is 1. The summed E-state index contributed by atoms with van der Waals surface area (Å²) in [5.41, 5.74) is 3.07. The van der Waals surface area contributed by atoms with Crippen LogP contribution >= 0.6 is 12.4 Å². The van der Waals surface area contributed by atoms with Crippen LogP contribution in [0.3, 0.4) is 0 Å². The molecule has 5 rings (SSSR count). The minimum absolute atomic E-state index is 0. The van der Waals surface area contributed by atoms with Gasteiger partial charge in [-0.25, -0.2) is 14.8 Å². The third-order valence-corrected chi connectivity index (χ3v) is 6.13. The van der Waals surface area contributed by atoms with Crippen LogP contribution in [0, 0.1) is 5.82 Å². The average Bonchev–Trinajstić information content (AvgIpc) is 3.61. The summed E-state index contributed by atoms with van der Waals surface area (Å²) in [6.45, 7) is 0. The van der Waals surface area contributed by atoms with E-state index in [1.165, 1.54) is 50.7 Å². The molecular formula is C26H25ClFN5O5. The molecule has 38 heavy (non-hydrogen) atoms. The Hall–Kier alpha value is -4.38. The third-order valence-electron chi connectivity index (χ3n) is 6.13. The number of fused-ring (bicyclic) bond motifs is 1. The molecule has 1 aliphatic rings. The fourth-order valence-electron chi connectivity index (χ4n) is 4.18. The van der Waals surface area contributed by atoms with E-state index in [1.54, 1.807) is 30.6 Å². The molecule has 0 unspecified atom stereocenters. The number of rotatable bonds is 8. The molecule has 2 aromatic heterocycles. The van der Waals surface area contributed by atoms with Gasteiger partial charge in [0, 0.05) is 35.6 Å². The number of ether oxygens (including phenoxy) is 3. The Kier molecular flexibility index (Phi) is 7.67. The predicted molar refractivity (Wildman–Crippen MR) is 142 cm³/mol. The maximum atomic E-state index is 15.0. The number of halogens is 2. The molecule has 2 heterocycles. The van der Waals surface area contributed by atoms with Crippen LogP contribution in [0.2, 0.25) is 0 Å². The molecule has 10 nitrogen and oxygen atoms in total. The Labute approximate surface area is 223 Å². The molecule has 12 heteroatoms. The monoisotopic (exact) mass is 541 g/mol. The predicted octanol–water partition coefficient (Wildman–Crippen LogP) is 3.87. The highest BCUT2D eigenvalue weighted by Gasteiger charge is 2.27. The van der Waals surface area contributed by atoms with Gasteiger partial charge >= 0.3 is 0 Å². The van der Waals surface area contributed by atoms with E-state index in [-0.39, 0.29) is 35.1 Å². The Balaban J connectivity index is 0.00000336. The molecule has 0 radical (unpaired) electrons. The molecule has 2 aromatic carbocycles. The maximum absolute atomic E-state index is 15.0. The number of nitrogens with zero attached hydrogens (tertiary/aromatic N) is 4. The number of carbonyl (C=O) groups is 1. The van der Waals surface area contributed by atoms with E-state index in [9.17, 15) is 14.0 Å². The Morgan fingerprint density at radius 2 is 1.84 bits per heavy atom. The first-order valence-electron chi connectivity index (χ1n) is 11.4. The molecule has 0 atom stereocenters. The van der Waals surface area contributed by atoms with Crippen LogP contribution in [0.15, 0.2) is 59.1 Å². The fraction of sp³-hybridized carbons (Fsp3) is 0.231. The average molecular weight is 542 g/mol. The van der Waals surface area contributed by atoms with Crippen molar-refractivity contribution in [2.24, 2.45) is 5.10 Å². The van der Waals surface area contributed by atoms with Crippen molar-refractivity contribution < 1.29 is 23.4 Å². The van der Waals surface area contributed by atoms with Gasteiger partial charge in [-0.05, 0) is 37.1 Å². The molecule has 0 saturated heterocycles. The number of methoxy groups -OCH3 is 3. The van der Waals surface area contributed by atoms with Crippen LogP contribution in [0.1, 0.15) is 34.8 Å². The molecule has 1 N–H and O–H groups in total. The summed E-state index contributed by atoms with van der Waals surface area (Å²) < 4.78 is 34.3. The molecule has 4 aromatic rings. The summed E-state index contributed by atoms with van der Waals surface area (Å²) in [5, 5.41) is 4.11. The van der Waals surface area contributed by atoms with Crippen LogP contribution in [0.4, 0.5) is 4.39 Å². The number of hydrogen-bond acceptors (Lipinski definition) is 7. The lowest BCUT2D eigenvalue weighted by molar-refractivity contribution is 0.0953. The topological polar surface area (TPSA) is 109 Å². The number of nitrogens with one attached hydrogen (secondary N) is 1. The molecule has 0 aliphatic heterocycles. The van der Waals surface area contributed by atoms with Crippen molar-refractivity contribution in [1.82, 2.24) is 19.5 Å². The second-order valence-electron chi connectivity index (χ2n) is 8.46. The van der Waals surface area contributed by atoms with Gasteiger partial charge in [-0.2, -0.15) is 5.10 Å². The van der Waals surface area contributed by atoms with Gasteiger partial charge in [-0.3, -0.25) is 9.59 Å². The van der Waals surface area contributed by atoms with Crippen molar-refractivity contribution in [3.05, 3.63) is 76.4 Å². The van der Waals surface area contributed by atoms with Crippen molar-refractivity contribution in [3.63, 3.8) is 0 Å². The van der Waals surface area contributed by atoms with E-state index in [4.69, 9.17) is 14.2 Å². The van der Waals surface area contributed by atoms with Gasteiger partial charge in [-0.1, -0.05) is 0 Å². The van der Waals surface area contributed by atoms with Gasteiger partial charge in [-0.15, -0.1) is 12.4 Å². The first kappa shape index (κ1) is 26.7. The summed E-state index contributed by atoms with van der Waals surface area (Å²) in [5.74, 6) is -0.0273. The second kappa shape index (κ2) is 10.9. The van der Waals surface area contributed by atoms with E-state index in [1.807, 2.05) is 4.57 Å². The number of imidazole rings is 1. The molecule has 0 spiro atoms. The quantitative estimate of drug-likeness (QED) is 0.268. The van der Waals surface area contributed by atoms with Gasteiger partial charge in [0.2, 0.25) is 11.2 Å². The number of hydrazone groups is 1. The summed E-state index contributed by atoms with van der Waals surface area (Å²) in [4.78, 5) is 30.2. The zero-order valence-electron chi connectivity index (χ0n) is 20.8. The largest absolute Gasteiger partial charge is 0.493 e. The first-order valence-corrected chi connectivity index (χ1v) is 11.4. The smallest absolute Gasteiger partial charge is 0.276 e. The summed E-state index contributed by atoms with van der Waals surface area (Å²) in [6, 6.07) is 6.22. The first-order chi connectivity index (χ1) is 17.9.